The highest BCUT2D eigenvalue weighted by Gasteiger charge is 2.46. The molecule has 0 aromatic carbocycles. The predicted molar refractivity (Wildman–Crippen MR) is 58.2 cm³/mol. The molecule has 1 aromatic rings. The molecule has 3 rings (SSSR count). The summed E-state index contributed by atoms with van der Waals surface area (Å²) < 4.78 is 37.8. The van der Waals surface area contributed by atoms with Crippen molar-refractivity contribution in [3.63, 3.8) is 0 Å². The van der Waals surface area contributed by atoms with Crippen LogP contribution in [0.5, 0.6) is 0 Å². The van der Waals surface area contributed by atoms with E-state index in [1.54, 1.807) is 4.90 Å². The lowest BCUT2D eigenvalue weighted by atomic mass is 10.2. The highest BCUT2D eigenvalue weighted by Crippen LogP contribution is 2.33. The van der Waals surface area contributed by atoms with E-state index in [-0.39, 0.29) is 17.9 Å². The van der Waals surface area contributed by atoms with Crippen LogP contribution in [0.15, 0.2) is 18.3 Å². The van der Waals surface area contributed by atoms with Gasteiger partial charge in [0.15, 0.2) is 0 Å². The second-order valence-corrected chi connectivity index (χ2v) is 4.63. The molecule has 98 valence electrons. The lowest BCUT2D eigenvalue weighted by Gasteiger charge is -2.28. The minimum Gasteiger partial charge on any atom is -0.389 e. The number of aliphatic hydroxyl groups excluding tert-OH is 1. The van der Waals surface area contributed by atoms with Crippen LogP contribution in [0, 0.1) is 0 Å². The van der Waals surface area contributed by atoms with Gasteiger partial charge >= 0.3 is 6.18 Å². The van der Waals surface area contributed by atoms with Crippen molar-refractivity contribution in [3.8, 4) is 0 Å². The van der Waals surface area contributed by atoms with Crippen molar-refractivity contribution < 1.29 is 18.3 Å². The topological polar surface area (TPSA) is 48.4 Å². The van der Waals surface area contributed by atoms with Gasteiger partial charge in [0, 0.05) is 19.3 Å². The Kier molecular flexibility index (Phi) is 2.49. The van der Waals surface area contributed by atoms with E-state index in [2.05, 4.69) is 10.3 Å². The van der Waals surface area contributed by atoms with Crippen molar-refractivity contribution in [2.24, 2.45) is 0 Å². The normalized spacial score (nSPS) is 31.1. The third-order valence-corrected chi connectivity index (χ3v) is 3.56. The fourth-order valence-electron chi connectivity index (χ4n) is 2.61. The van der Waals surface area contributed by atoms with Crippen LogP contribution in [0.1, 0.15) is 5.56 Å². The van der Waals surface area contributed by atoms with Gasteiger partial charge in [0.05, 0.1) is 23.8 Å². The molecule has 2 saturated heterocycles. The van der Waals surface area contributed by atoms with E-state index in [9.17, 15) is 18.3 Å². The number of nitrogens with zero attached hydrogens (tertiary/aromatic N) is 2. The molecule has 2 bridgehead atoms. The Morgan fingerprint density at radius 1 is 1.44 bits per heavy atom. The molecule has 1 unspecified atom stereocenters. The molecule has 2 aliphatic rings. The Morgan fingerprint density at radius 2 is 2.22 bits per heavy atom. The lowest BCUT2D eigenvalue weighted by Crippen LogP contribution is -2.44. The highest BCUT2D eigenvalue weighted by molar-refractivity contribution is 5.47. The van der Waals surface area contributed by atoms with Crippen molar-refractivity contribution in [1.29, 1.82) is 0 Å². The Morgan fingerprint density at radius 3 is 2.78 bits per heavy atom. The average molecular weight is 259 g/mol. The maximum Gasteiger partial charge on any atom is 0.416 e. The van der Waals surface area contributed by atoms with Gasteiger partial charge in [-0.3, -0.25) is 0 Å². The molecule has 18 heavy (non-hydrogen) atoms. The maximum atomic E-state index is 12.6. The Bertz CT molecular complexity index is 465. The first-order valence-corrected chi connectivity index (χ1v) is 5.68. The number of halogens is 3. The van der Waals surface area contributed by atoms with Crippen LogP contribution in [0.25, 0.3) is 0 Å². The fourth-order valence-corrected chi connectivity index (χ4v) is 2.61. The minimum absolute atomic E-state index is 0.0775. The first kappa shape index (κ1) is 11.7. The number of rotatable bonds is 1. The maximum absolute atomic E-state index is 12.6. The lowest BCUT2D eigenvalue weighted by molar-refractivity contribution is -0.137. The molecule has 0 saturated carbocycles. The fraction of sp³-hybridized carbons (Fsp3) is 0.545. The minimum atomic E-state index is -4.37. The first-order valence-electron chi connectivity index (χ1n) is 5.68. The van der Waals surface area contributed by atoms with Crippen LogP contribution in [0.3, 0.4) is 0 Å². The number of piperazine rings is 1. The summed E-state index contributed by atoms with van der Waals surface area (Å²) in [6.45, 7) is 1.06. The zero-order valence-corrected chi connectivity index (χ0v) is 9.35. The first-order chi connectivity index (χ1) is 8.47. The molecule has 2 N–H and O–H groups in total. The number of pyridine rings is 1. The standard InChI is InChI=1S/C11H12F3N3O/c12-11(13,14)6-1-2-15-9(3-6)17-5-7-10(18)8(17)4-16-7/h1-3,7-8,10,16,18H,4-5H2/t7-,8-,10?/m0/s1. The van der Waals surface area contributed by atoms with E-state index in [0.29, 0.717) is 13.1 Å². The highest BCUT2D eigenvalue weighted by atomic mass is 19.4. The van der Waals surface area contributed by atoms with Crippen molar-refractivity contribution in [3.05, 3.63) is 23.9 Å². The van der Waals surface area contributed by atoms with E-state index < -0.39 is 17.8 Å². The molecule has 0 amide bonds. The number of aromatic nitrogens is 1. The van der Waals surface area contributed by atoms with E-state index in [1.165, 1.54) is 0 Å². The molecular formula is C11H12F3N3O. The van der Waals surface area contributed by atoms with Gasteiger partial charge in [0.2, 0.25) is 0 Å². The third kappa shape index (κ3) is 1.74. The van der Waals surface area contributed by atoms with Crippen LogP contribution in [-0.2, 0) is 6.18 Å². The zero-order valence-electron chi connectivity index (χ0n) is 9.35. The van der Waals surface area contributed by atoms with Crippen molar-refractivity contribution >= 4 is 5.82 Å². The quantitative estimate of drug-likeness (QED) is 0.776. The molecule has 7 heteroatoms. The number of anilines is 1. The molecule has 0 radical (unpaired) electrons. The summed E-state index contributed by atoms with van der Waals surface area (Å²) in [7, 11) is 0. The van der Waals surface area contributed by atoms with Gasteiger partial charge in [-0.05, 0) is 12.1 Å². The third-order valence-electron chi connectivity index (χ3n) is 3.56. The zero-order chi connectivity index (χ0) is 12.9. The van der Waals surface area contributed by atoms with Gasteiger partial charge in [-0.25, -0.2) is 4.98 Å². The smallest absolute Gasteiger partial charge is 0.389 e. The van der Waals surface area contributed by atoms with Crippen LogP contribution in [-0.4, -0.2) is 41.4 Å². The van der Waals surface area contributed by atoms with Gasteiger partial charge in [-0.15, -0.1) is 0 Å². The predicted octanol–water partition coefficient (Wildman–Crippen LogP) is 0.622. The van der Waals surface area contributed by atoms with E-state index in [1.807, 2.05) is 0 Å². The summed E-state index contributed by atoms with van der Waals surface area (Å²) in [5, 5.41) is 12.9. The Labute approximate surface area is 101 Å². The van der Waals surface area contributed by atoms with Crippen molar-refractivity contribution in [2.75, 3.05) is 18.0 Å². The number of hydrogen-bond donors (Lipinski definition) is 2. The number of hydrogen-bond acceptors (Lipinski definition) is 4. The molecule has 0 aliphatic carbocycles. The SMILES string of the molecule is OC1[C@@H]2CN(c3cc(C(F)(F)F)ccn3)[C@H]1CN2. The van der Waals surface area contributed by atoms with Gasteiger partial charge in [0.25, 0.3) is 0 Å². The molecule has 2 aliphatic heterocycles. The largest absolute Gasteiger partial charge is 0.416 e. The molecule has 4 nitrogen and oxygen atoms in total. The summed E-state index contributed by atoms with van der Waals surface area (Å²) in [6.07, 6.45) is -3.75. The second-order valence-electron chi connectivity index (χ2n) is 4.63. The van der Waals surface area contributed by atoms with E-state index >= 15 is 0 Å². The number of aliphatic hydroxyl groups is 1. The summed E-state index contributed by atoms with van der Waals surface area (Å²) >= 11 is 0. The molecule has 0 spiro atoms. The Balaban J connectivity index is 1.90. The van der Waals surface area contributed by atoms with Gasteiger partial charge < -0.3 is 15.3 Å². The second kappa shape index (κ2) is 3.83. The average Bonchev–Trinajstić information content (AvgIpc) is 2.84. The molecule has 3 atom stereocenters. The van der Waals surface area contributed by atoms with Crippen LogP contribution in [0.2, 0.25) is 0 Å². The summed E-state index contributed by atoms with van der Waals surface area (Å²) in [4.78, 5) is 5.71. The van der Waals surface area contributed by atoms with Crippen LogP contribution >= 0.6 is 0 Å². The van der Waals surface area contributed by atoms with Crippen LogP contribution in [0.4, 0.5) is 19.0 Å². The number of fused-ring (bicyclic) bond motifs is 2. The van der Waals surface area contributed by atoms with E-state index in [0.717, 1.165) is 18.3 Å². The summed E-state index contributed by atoms with van der Waals surface area (Å²) in [5.74, 6) is 0.276. The van der Waals surface area contributed by atoms with E-state index in [4.69, 9.17) is 0 Å². The molecule has 1 aromatic heterocycles. The summed E-state index contributed by atoms with van der Waals surface area (Å²) in [6, 6.07) is 1.72. The number of alkyl halides is 3. The molecule has 2 fully saturated rings. The van der Waals surface area contributed by atoms with Gasteiger partial charge in [0.1, 0.15) is 5.82 Å². The van der Waals surface area contributed by atoms with Crippen LogP contribution < -0.4 is 10.2 Å². The molecule has 3 heterocycles. The van der Waals surface area contributed by atoms with Crippen molar-refractivity contribution in [1.82, 2.24) is 10.3 Å². The molecular weight excluding hydrogens is 247 g/mol. The van der Waals surface area contributed by atoms with Crippen molar-refractivity contribution in [2.45, 2.75) is 24.4 Å². The number of nitrogens with one attached hydrogen (secondary N) is 1. The van der Waals surface area contributed by atoms with Gasteiger partial charge in [-0.2, -0.15) is 13.2 Å². The van der Waals surface area contributed by atoms with Gasteiger partial charge in [-0.1, -0.05) is 0 Å². The summed E-state index contributed by atoms with van der Waals surface area (Å²) in [5.41, 5.74) is -0.710. The Hall–Kier alpha value is -1.34. The monoisotopic (exact) mass is 259 g/mol.